The fraction of sp³-hybridized carbons (Fsp3) is 0.611. The number of nitrogens with zero attached hydrogens (tertiary/aromatic N) is 1. The zero-order chi connectivity index (χ0) is 16.5. The standard InChI is InChI=1S/C18H29N3OS.HI/c1-4-10-22-16-7-5-6-14(11-16)13-20-18(19-2)21-15-8-9-17(12-15)23-3;/h5-7,11,15,17H,4,8-10,12-13H2,1-3H3,(H2,19,20,21);1H. The van der Waals surface area contributed by atoms with E-state index in [0.29, 0.717) is 6.04 Å². The molecule has 2 unspecified atom stereocenters. The van der Waals surface area contributed by atoms with E-state index >= 15 is 0 Å². The van der Waals surface area contributed by atoms with Gasteiger partial charge in [-0.05, 0) is 49.6 Å². The van der Waals surface area contributed by atoms with E-state index < -0.39 is 0 Å². The average Bonchev–Trinajstić information content (AvgIpc) is 3.04. The molecule has 1 aliphatic carbocycles. The summed E-state index contributed by atoms with van der Waals surface area (Å²) in [4.78, 5) is 4.35. The molecule has 0 aliphatic heterocycles. The molecule has 1 aromatic rings. The first-order valence-electron chi connectivity index (χ1n) is 8.46. The van der Waals surface area contributed by atoms with Gasteiger partial charge >= 0.3 is 0 Å². The van der Waals surface area contributed by atoms with Crippen molar-refractivity contribution >= 4 is 41.7 Å². The summed E-state index contributed by atoms with van der Waals surface area (Å²) in [6, 6.07) is 8.79. The van der Waals surface area contributed by atoms with Gasteiger partial charge in [-0.2, -0.15) is 11.8 Å². The summed E-state index contributed by atoms with van der Waals surface area (Å²) in [7, 11) is 1.83. The summed E-state index contributed by atoms with van der Waals surface area (Å²) in [5, 5.41) is 7.74. The second kappa shape index (κ2) is 11.8. The van der Waals surface area contributed by atoms with Crippen molar-refractivity contribution in [2.45, 2.75) is 50.4 Å². The van der Waals surface area contributed by atoms with E-state index in [1.807, 2.05) is 30.9 Å². The summed E-state index contributed by atoms with van der Waals surface area (Å²) in [6.07, 6.45) is 6.98. The Kier molecular flexibility index (Phi) is 10.6. The van der Waals surface area contributed by atoms with Crippen LogP contribution in [0.4, 0.5) is 0 Å². The first-order valence-corrected chi connectivity index (χ1v) is 9.75. The number of benzene rings is 1. The van der Waals surface area contributed by atoms with Crippen molar-refractivity contribution in [3.63, 3.8) is 0 Å². The Bertz CT molecular complexity index is 513. The molecule has 4 nitrogen and oxygen atoms in total. The minimum atomic E-state index is 0. The minimum absolute atomic E-state index is 0. The number of rotatable bonds is 7. The first-order chi connectivity index (χ1) is 11.2. The van der Waals surface area contributed by atoms with Gasteiger partial charge in [0.2, 0.25) is 0 Å². The third-order valence-electron chi connectivity index (χ3n) is 4.11. The summed E-state index contributed by atoms with van der Waals surface area (Å²) in [5.41, 5.74) is 1.20. The highest BCUT2D eigenvalue weighted by atomic mass is 127. The zero-order valence-corrected chi connectivity index (χ0v) is 18.0. The smallest absolute Gasteiger partial charge is 0.191 e. The van der Waals surface area contributed by atoms with Gasteiger partial charge in [0.15, 0.2) is 5.96 Å². The predicted octanol–water partition coefficient (Wildman–Crippen LogP) is 4.04. The molecule has 0 amide bonds. The van der Waals surface area contributed by atoms with E-state index in [2.05, 4.69) is 40.9 Å². The average molecular weight is 463 g/mol. The lowest BCUT2D eigenvalue weighted by Crippen LogP contribution is -2.42. The molecule has 1 fully saturated rings. The molecular weight excluding hydrogens is 433 g/mol. The number of thioether (sulfide) groups is 1. The number of halogens is 1. The van der Waals surface area contributed by atoms with Gasteiger partial charge in [-0.1, -0.05) is 19.1 Å². The molecule has 0 bridgehead atoms. The van der Waals surface area contributed by atoms with Gasteiger partial charge in [-0.3, -0.25) is 4.99 Å². The molecule has 0 spiro atoms. The van der Waals surface area contributed by atoms with Gasteiger partial charge < -0.3 is 15.4 Å². The molecule has 6 heteroatoms. The first kappa shape index (κ1) is 21.4. The molecule has 2 N–H and O–H groups in total. The fourth-order valence-corrected chi connectivity index (χ4v) is 3.62. The molecule has 1 saturated carbocycles. The SMILES string of the molecule is CCCOc1cccc(CNC(=NC)NC2CCC(SC)C2)c1.I. The van der Waals surface area contributed by atoms with Crippen molar-refractivity contribution in [2.75, 3.05) is 19.9 Å². The predicted molar refractivity (Wildman–Crippen MR) is 116 cm³/mol. The van der Waals surface area contributed by atoms with Crippen LogP contribution in [0.3, 0.4) is 0 Å². The summed E-state index contributed by atoms with van der Waals surface area (Å²) < 4.78 is 5.68. The summed E-state index contributed by atoms with van der Waals surface area (Å²) >= 11 is 1.97. The minimum Gasteiger partial charge on any atom is -0.494 e. The van der Waals surface area contributed by atoms with Gasteiger partial charge in [-0.25, -0.2) is 0 Å². The molecule has 136 valence electrons. The maximum atomic E-state index is 5.68. The number of hydrogen-bond acceptors (Lipinski definition) is 3. The lowest BCUT2D eigenvalue weighted by atomic mass is 10.2. The van der Waals surface area contributed by atoms with Gasteiger partial charge in [-0.15, -0.1) is 24.0 Å². The fourth-order valence-electron chi connectivity index (χ4n) is 2.82. The van der Waals surface area contributed by atoms with Crippen LogP contribution in [0.15, 0.2) is 29.3 Å². The Labute approximate surface area is 167 Å². The molecule has 24 heavy (non-hydrogen) atoms. The van der Waals surface area contributed by atoms with E-state index in [1.54, 1.807) is 0 Å². The van der Waals surface area contributed by atoms with Crippen LogP contribution in [-0.4, -0.2) is 37.2 Å². The van der Waals surface area contributed by atoms with Crippen molar-refractivity contribution in [1.29, 1.82) is 0 Å². The highest BCUT2D eigenvalue weighted by Crippen LogP contribution is 2.28. The number of guanidine groups is 1. The third-order valence-corrected chi connectivity index (χ3v) is 5.21. The molecule has 0 heterocycles. The Balaban J connectivity index is 0.00000288. The second-order valence-corrected chi connectivity index (χ2v) is 7.07. The molecule has 0 aromatic heterocycles. The largest absolute Gasteiger partial charge is 0.494 e. The maximum Gasteiger partial charge on any atom is 0.191 e. The molecule has 2 atom stereocenters. The van der Waals surface area contributed by atoms with E-state index in [9.17, 15) is 0 Å². The lowest BCUT2D eigenvalue weighted by Gasteiger charge is -2.17. The van der Waals surface area contributed by atoms with Crippen LogP contribution in [0.1, 0.15) is 38.2 Å². The van der Waals surface area contributed by atoms with Crippen LogP contribution < -0.4 is 15.4 Å². The Morgan fingerprint density at radius 2 is 2.21 bits per heavy atom. The molecule has 2 rings (SSSR count). The van der Waals surface area contributed by atoms with Crippen LogP contribution in [-0.2, 0) is 6.54 Å². The third kappa shape index (κ3) is 7.09. The Morgan fingerprint density at radius 1 is 1.38 bits per heavy atom. The van der Waals surface area contributed by atoms with Gasteiger partial charge in [0.1, 0.15) is 5.75 Å². The molecule has 1 aromatic carbocycles. The zero-order valence-electron chi connectivity index (χ0n) is 14.9. The molecule has 0 saturated heterocycles. The van der Waals surface area contributed by atoms with Gasteiger partial charge in [0.25, 0.3) is 0 Å². The van der Waals surface area contributed by atoms with E-state index in [-0.39, 0.29) is 24.0 Å². The lowest BCUT2D eigenvalue weighted by molar-refractivity contribution is 0.317. The molecule has 1 aliphatic rings. The van der Waals surface area contributed by atoms with Gasteiger partial charge in [0.05, 0.1) is 6.61 Å². The highest BCUT2D eigenvalue weighted by Gasteiger charge is 2.24. The van der Waals surface area contributed by atoms with Crippen molar-refractivity contribution in [2.24, 2.45) is 4.99 Å². The van der Waals surface area contributed by atoms with E-state index in [4.69, 9.17) is 4.74 Å². The summed E-state index contributed by atoms with van der Waals surface area (Å²) in [5.74, 6) is 1.82. The molecule has 0 radical (unpaired) electrons. The van der Waals surface area contributed by atoms with Crippen molar-refractivity contribution in [3.05, 3.63) is 29.8 Å². The normalized spacial score (nSPS) is 20.4. The monoisotopic (exact) mass is 463 g/mol. The van der Waals surface area contributed by atoms with Crippen LogP contribution in [0, 0.1) is 0 Å². The van der Waals surface area contributed by atoms with Crippen molar-refractivity contribution < 1.29 is 4.74 Å². The van der Waals surface area contributed by atoms with Crippen LogP contribution in [0.25, 0.3) is 0 Å². The topological polar surface area (TPSA) is 45.6 Å². The van der Waals surface area contributed by atoms with E-state index in [1.165, 1.54) is 24.8 Å². The summed E-state index contributed by atoms with van der Waals surface area (Å²) in [6.45, 7) is 3.63. The number of nitrogens with one attached hydrogen (secondary N) is 2. The van der Waals surface area contributed by atoms with E-state index in [0.717, 1.165) is 36.5 Å². The van der Waals surface area contributed by atoms with Gasteiger partial charge in [0, 0.05) is 24.9 Å². The maximum absolute atomic E-state index is 5.68. The second-order valence-electron chi connectivity index (χ2n) is 5.93. The number of aliphatic imine (C=N–C) groups is 1. The highest BCUT2D eigenvalue weighted by molar-refractivity contribution is 14.0. The number of ether oxygens (including phenoxy) is 1. The van der Waals surface area contributed by atoms with Crippen molar-refractivity contribution in [3.8, 4) is 5.75 Å². The molecular formula is C18H30IN3OS. The van der Waals surface area contributed by atoms with Crippen LogP contribution in [0.2, 0.25) is 0 Å². The Morgan fingerprint density at radius 3 is 2.88 bits per heavy atom. The Hall–Kier alpha value is -0.630. The number of hydrogen-bond donors (Lipinski definition) is 2. The van der Waals surface area contributed by atoms with Crippen LogP contribution in [0.5, 0.6) is 5.75 Å². The quantitative estimate of drug-likeness (QED) is 0.364. The van der Waals surface area contributed by atoms with Crippen LogP contribution >= 0.6 is 35.7 Å². The van der Waals surface area contributed by atoms with Crippen molar-refractivity contribution in [1.82, 2.24) is 10.6 Å².